The van der Waals surface area contributed by atoms with Gasteiger partial charge in [-0.15, -0.1) is 0 Å². The van der Waals surface area contributed by atoms with E-state index in [9.17, 15) is 10.2 Å². The number of ether oxygens (including phenoxy) is 1. The van der Waals surface area contributed by atoms with E-state index in [1.165, 1.54) is 12.8 Å². The van der Waals surface area contributed by atoms with Gasteiger partial charge in [0.15, 0.2) is 0 Å². The molecule has 1 aliphatic carbocycles. The standard InChI is InChI=1S/C11H22O3/c1-2-14-9-11(7-12,8-13)10-5-3-4-6-10/h10,12-13H,2-9H2,1H3. The third-order valence-electron chi connectivity index (χ3n) is 3.44. The van der Waals surface area contributed by atoms with Crippen molar-refractivity contribution < 1.29 is 14.9 Å². The molecule has 3 nitrogen and oxygen atoms in total. The van der Waals surface area contributed by atoms with E-state index in [0.29, 0.717) is 19.1 Å². The van der Waals surface area contributed by atoms with E-state index in [4.69, 9.17) is 4.74 Å². The van der Waals surface area contributed by atoms with Crippen LogP contribution in [0.1, 0.15) is 32.6 Å². The predicted octanol–water partition coefficient (Wildman–Crippen LogP) is 1.18. The van der Waals surface area contributed by atoms with Gasteiger partial charge in [-0.2, -0.15) is 0 Å². The molecule has 0 atom stereocenters. The SMILES string of the molecule is CCOCC(CO)(CO)C1CCCC1. The third kappa shape index (κ3) is 2.47. The molecule has 1 aliphatic rings. The van der Waals surface area contributed by atoms with Crippen LogP contribution in [-0.2, 0) is 4.74 Å². The molecule has 2 N–H and O–H groups in total. The van der Waals surface area contributed by atoms with Crippen LogP contribution in [0.3, 0.4) is 0 Å². The molecule has 0 aromatic heterocycles. The van der Waals surface area contributed by atoms with Gasteiger partial charge in [0.2, 0.25) is 0 Å². The highest BCUT2D eigenvalue weighted by Gasteiger charge is 2.39. The van der Waals surface area contributed by atoms with Crippen LogP contribution < -0.4 is 0 Å². The van der Waals surface area contributed by atoms with Crippen molar-refractivity contribution in [3.63, 3.8) is 0 Å². The maximum absolute atomic E-state index is 9.42. The van der Waals surface area contributed by atoms with Crippen LogP contribution in [0.5, 0.6) is 0 Å². The van der Waals surface area contributed by atoms with Crippen LogP contribution in [0.25, 0.3) is 0 Å². The number of aliphatic hydroxyl groups is 2. The second kappa shape index (κ2) is 5.69. The Morgan fingerprint density at radius 3 is 2.21 bits per heavy atom. The minimum Gasteiger partial charge on any atom is -0.396 e. The predicted molar refractivity (Wildman–Crippen MR) is 55.1 cm³/mol. The Labute approximate surface area is 86.1 Å². The molecule has 1 fully saturated rings. The van der Waals surface area contributed by atoms with Crippen molar-refractivity contribution in [2.45, 2.75) is 32.6 Å². The maximum Gasteiger partial charge on any atom is 0.0569 e. The summed E-state index contributed by atoms with van der Waals surface area (Å²) < 4.78 is 5.37. The molecule has 0 unspecified atom stereocenters. The van der Waals surface area contributed by atoms with Crippen molar-refractivity contribution >= 4 is 0 Å². The minimum atomic E-state index is -0.396. The lowest BCUT2D eigenvalue weighted by Gasteiger charge is -2.35. The first-order valence-corrected chi connectivity index (χ1v) is 5.58. The Kier molecular flexibility index (Phi) is 4.85. The highest BCUT2D eigenvalue weighted by molar-refractivity contribution is 4.88. The van der Waals surface area contributed by atoms with E-state index >= 15 is 0 Å². The monoisotopic (exact) mass is 202 g/mol. The van der Waals surface area contributed by atoms with E-state index in [2.05, 4.69) is 0 Å². The molecule has 0 spiro atoms. The Bertz CT molecular complexity index is 149. The lowest BCUT2D eigenvalue weighted by atomic mass is 9.76. The smallest absolute Gasteiger partial charge is 0.0569 e. The van der Waals surface area contributed by atoms with E-state index in [1.54, 1.807) is 0 Å². The molecule has 3 heteroatoms. The molecule has 0 aromatic carbocycles. The van der Waals surface area contributed by atoms with Gasteiger partial charge in [-0.1, -0.05) is 12.8 Å². The van der Waals surface area contributed by atoms with Gasteiger partial charge in [0.1, 0.15) is 0 Å². The van der Waals surface area contributed by atoms with Crippen LogP contribution in [0.4, 0.5) is 0 Å². The average Bonchev–Trinajstić information content (AvgIpc) is 2.74. The van der Waals surface area contributed by atoms with Crippen LogP contribution in [0, 0.1) is 11.3 Å². The van der Waals surface area contributed by atoms with Gasteiger partial charge in [-0.3, -0.25) is 0 Å². The second-order valence-electron chi connectivity index (χ2n) is 4.30. The largest absolute Gasteiger partial charge is 0.396 e. The van der Waals surface area contributed by atoms with Gasteiger partial charge in [-0.25, -0.2) is 0 Å². The summed E-state index contributed by atoms with van der Waals surface area (Å²) in [4.78, 5) is 0. The Morgan fingerprint density at radius 2 is 1.79 bits per heavy atom. The average molecular weight is 202 g/mol. The zero-order valence-corrected chi connectivity index (χ0v) is 9.04. The minimum absolute atomic E-state index is 0.0359. The molecule has 14 heavy (non-hydrogen) atoms. The van der Waals surface area contributed by atoms with E-state index in [0.717, 1.165) is 12.8 Å². The highest BCUT2D eigenvalue weighted by atomic mass is 16.5. The summed E-state index contributed by atoms with van der Waals surface area (Å²) in [5, 5.41) is 18.8. The van der Waals surface area contributed by atoms with Crippen molar-refractivity contribution in [2.24, 2.45) is 11.3 Å². The number of hydrogen-bond acceptors (Lipinski definition) is 3. The Morgan fingerprint density at radius 1 is 1.21 bits per heavy atom. The molecule has 1 saturated carbocycles. The molecule has 0 saturated heterocycles. The van der Waals surface area contributed by atoms with Gasteiger partial charge in [0.05, 0.1) is 19.8 Å². The topological polar surface area (TPSA) is 49.7 Å². The number of rotatable bonds is 6. The summed E-state index contributed by atoms with van der Waals surface area (Å²) in [5.74, 6) is 0.434. The second-order valence-corrected chi connectivity index (χ2v) is 4.30. The lowest BCUT2D eigenvalue weighted by Crippen LogP contribution is -2.41. The molecule has 0 amide bonds. The lowest BCUT2D eigenvalue weighted by molar-refractivity contribution is -0.0600. The molecular formula is C11H22O3. The molecule has 0 bridgehead atoms. The van der Waals surface area contributed by atoms with Crippen LogP contribution in [0.2, 0.25) is 0 Å². The quantitative estimate of drug-likeness (QED) is 0.680. The van der Waals surface area contributed by atoms with Crippen molar-refractivity contribution in [2.75, 3.05) is 26.4 Å². The van der Waals surface area contributed by atoms with Gasteiger partial charge in [0, 0.05) is 12.0 Å². The molecule has 0 radical (unpaired) electrons. The summed E-state index contributed by atoms with van der Waals surface area (Å²) in [6, 6.07) is 0. The Hall–Kier alpha value is -0.120. The molecule has 0 aromatic rings. The Balaban J connectivity index is 2.57. The number of aliphatic hydroxyl groups excluding tert-OH is 2. The van der Waals surface area contributed by atoms with Crippen molar-refractivity contribution in [1.29, 1.82) is 0 Å². The fourth-order valence-electron chi connectivity index (χ4n) is 2.36. The van der Waals surface area contributed by atoms with Gasteiger partial charge in [0.25, 0.3) is 0 Å². The summed E-state index contributed by atoms with van der Waals surface area (Å²) in [6.07, 6.45) is 4.68. The van der Waals surface area contributed by atoms with Crippen LogP contribution in [-0.4, -0.2) is 36.6 Å². The van der Waals surface area contributed by atoms with Crippen molar-refractivity contribution in [3.8, 4) is 0 Å². The third-order valence-corrected chi connectivity index (χ3v) is 3.44. The van der Waals surface area contributed by atoms with Gasteiger partial charge < -0.3 is 14.9 Å². The van der Waals surface area contributed by atoms with Crippen molar-refractivity contribution in [1.82, 2.24) is 0 Å². The first kappa shape index (κ1) is 12.0. The fourth-order valence-corrected chi connectivity index (χ4v) is 2.36. The molecule has 0 heterocycles. The molecule has 1 rings (SSSR count). The van der Waals surface area contributed by atoms with E-state index in [-0.39, 0.29) is 13.2 Å². The maximum atomic E-state index is 9.42. The molecule has 0 aliphatic heterocycles. The number of hydrogen-bond donors (Lipinski definition) is 2. The van der Waals surface area contributed by atoms with Crippen LogP contribution in [0.15, 0.2) is 0 Å². The van der Waals surface area contributed by atoms with E-state index in [1.807, 2.05) is 6.92 Å². The van der Waals surface area contributed by atoms with E-state index < -0.39 is 5.41 Å². The summed E-state index contributed by atoms with van der Waals surface area (Å²) in [5.41, 5.74) is -0.396. The normalized spacial score (nSPS) is 19.1. The van der Waals surface area contributed by atoms with Gasteiger partial charge in [-0.05, 0) is 25.7 Å². The highest BCUT2D eigenvalue weighted by Crippen LogP contribution is 2.39. The van der Waals surface area contributed by atoms with Crippen molar-refractivity contribution in [3.05, 3.63) is 0 Å². The molecule has 84 valence electrons. The molecular weight excluding hydrogens is 180 g/mol. The first-order chi connectivity index (χ1) is 6.79. The van der Waals surface area contributed by atoms with Gasteiger partial charge >= 0.3 is 0 Å². The summed E-state index contributed by atoms with van der Waals surface area (Å²) >= 11 is 0. The fraction of sp³-hybridized carbons (Fsp3) is 1.00. The van der Waals surface area contributed by atoms with Crippen LogP contribution >= 0.6 is 0 Å². The first-order valence-electron chi connectivity index (χ1n) is 5.58. The summed E-state index contributed by atoms with van der Waals surface area (Å²) in [6.45, 7) is 3.14. The zero-order valence-electron chi connectivity index (χ0n) is 9.04. The zero-order chi connectivity index (χ0) is 10.4. The summed E-state index contributed by atoms with van der Waals surface area (Å²) in [7, 11) is 0.